The molecular formula is C19H35IN4O. The molecule has 1 aromatic carbocycles. The number of ether oxygens (including phenoxy) is 1. The smallest absolute Gasteiger partial charge is 0.191 e. The van der Waals surface area contributed by atoms with Crippen LogP contribution in [0.5, 0.6) is 5.75 Å². The molecule has 0 aliphatic rings. The number of hydrogen-bond acceptors (Lipinski definition) is 3. The van der Waals surface area contributed by atoms with E-state index < -0.39 is 0 Å². The van der Waals surface area contributed by atoms with E-state index in [1.54, 1.807) is 7.05 Å². The van der Waals surface area contributed by atoms with Gasteiger partial charge in [-0.2, -0.15) is 0 Å². The van der Waals surface area contributed by atoms with Crippen molar-refractivity contribution < 1.29 is 4.74 Å². The molecule has 1 aromatic rings. The van der Waals surface area contributed by atoms with Gasteiger partial charge in [-0.3, -0.25) is 4.99 Å². The van der Waals surface area contributed by atoms with E-state index in [0.29, 0.717) is 6.54 Å². The molecule has 0 saturated heterocycles. The molecule has 2 N–H and O–H groups in total. The lowest BCUT2D eigenvalue weighted by Crippen LogP contribution is -2.46. The van der Waals surface area contributed by atoms with Crippen LogP contribution in [-0.2, 0) is 0 Å². The lowest BCUT2D eigenvalue weighted by molar-refractivity contribution is 0.222. The molecule has 25 heavy (non-hydrogen) atoms. The second-order valence-corrected chi connectivity index (χ2v) is 7.45. The third-order valence-electron chi connectivity index (χ3n) is 3.59. The van der Waals surface area contributed by atoms with Crippen LogP contribution in [0, 0.1) is 12.3 Å². The molecule has 1 unspecified atom stereocenters. The Labute approximate surface area is 170 Å². The predicted molar refractivity (Wildman–Crippen MR) is 118 cm³/mol. The molecule has 0 aliphatic carbocycles. The van der Waals surface area contributed by atoms with Crippen LogP contribution in [0.15, 0.2) is 29.3 Å². The van der Waals surface area contributed by atoms with Gasteiger partial charge in [-0.25, -0.2) is 0 Å². The van der Waals surface area contributed by atoms with Crippen LogP contribution >= 0.6 is 24.0 Å². The van der Waals surface area contributed by atoms with E-state index in [-0.39, 0.29) is 35.5 Å². The van der Waals surface area contributed by atoms with E-state index in [0.717, 1.165) is 24.8 Å². The highest BCUT2D eigenvalue weighted by Crippen LogP contribution is 2.15. The first-order valence-corrected chi connectivity index (χ1v) is 8.54. The van der Waals surface area contributed by atoms with Gasteiger partial charge in [0, 0.05) is 20.1 Å². The predicted octanol–water partition coefficient (Wildman–Crippen LogP) is 3.13. The minimum atomic E-state index is 0. The number of nitrogens with one attached hydrogen (secondary N) is 2. The Morgan fingerprint density at radius 2 is 1.96 bits per heavy atom. The van der Waals surface area contributed by atoms with E-state index in [9.17, 15) is 0 Å². The number of aliphatic imine (C=N–C) groups is 1. The summed E-state index contributed by atoms with van der Waals surface area (Å²) in [5.41, 5.74) is 1.37. The highest BCUT2D eigenvalue weighted by Gasteiger charge is 2.19. The summed E-state index contributed by atoms with van der Waals surface area (Å²) < 4.78 is 5.94. The lowest BCUT2D eigenvalue weighted by Gasteiger charge is -2.29. The highest BCUT2D eigenvalue weighted by atomic mass is 127. The average Bonchev–Trinajstić information content (AvgIpc) is 2.46. The molecule has 0 spiro atoms. The standard InChI is InChI=1S/C19H34N4O.HI/c1-15-9-8-10-17(11-15)24-16(2)12-21-18(20-5)22-13-19(3,4)14-23(6)7;/h8-11,16H,12-14H2,1-7H3,(H2,20,21,22);1H. The molecule has 0 fully saturated rings. The molecule has 0 bridgehead atoms. The van der Waals surface area contributed by atoms with Crippen molar-refractivity contribution in [3.05, 3.63) is 29.8 Å². The second kappa shape index (κ2) is 11.6. The maximum Gasteiger partial charge on any atom is 0.191 e. The number of guanidine groups is 1. The number of rotatable bonds is 8. The summed E-state index contributed by atoms with van der Waals surface area (Å²) in [6.07, 6.45) is 0.0557. The molecule has 0 aliphatic heterocycles. The molecule has 0 radical (unpaired) electrons. The average molecular weight is 462 g/mol. The molecule has 5 nitrogen and oxygen atoms in total. The van der Waals surface area contributed by atoms with Crippen LogP contribution in [0.1, 0.15) is 26.3 Å². The number of halogens is 1. The quantitative estimate of drug-likeness (QED) is 0.354. The van der Waals surface area contributed by atoms with Crippen LogP contribution in [0.25, 0.3) is 0 Å². The first-order chi connectivity index (χ1) is 11.2. The van der Waals surface area contributed by atoms with Gasteiger partial charge >= 0.3 is 0 Å². The SMILES string of the molecule is CN=C(NCC(C)Oc1cccc(C)c1)NCC(C)(C)CN(C)C.I. The Hall–Kier alpha value is -1.02. The van der Waals surface area contributed by atoms with Gasteiger partial charge in [0.15, 0.2) is 5.96 Å². The van der Waals surface area contributed by atoms with Crippen molar-refractivity contribution in [2.75, 3.05) is 40.8 Å². The van der Waals surface area contributed by atoms with Gasteiger partial charge in [-0.15, -0.1) is 24.0 Å². The van der Waals surface area contributed by atoms with Crippen LogP contribution in [0.2, 0.25) is 0 Å². The largest absolute Gasteiger partial charge is 0.489 e. The van der Waals surface area contributed by atoms with Crippen LogP contribution in [0.3, 0.4) is 0 Å². The number of nitrogens with zero attached hydrogens (tertiary/aromatic N) is 2. The molecule has 0 aromatic heterocycles. The minimum absolute atomic E-state index is 0. The normalized spacial score (nSPS) is 13.2. The summed E-state index contributed by atoms with van der Waals surface area (Å²) in [6.45, 7) is 11.2. The Bertz CT molecular complexity index is 532. The van der Waals surface area contributed by atoms with Crippen molar-refractivity contribution in [2.45, 2.75) is 33.8 Å². The fraction of sp³-hybridized carbons (Fsp3) is 0.632. The molecule has 6 heteroatoms. The molecule has 144 valence electrons. The van der Waals surface area contributed by atoms with Crippen molar-refractivity contribution in [1.29, 1.82) is 0 Å². The summed E-state index contributed by atoms with van der Waals surface area (Å²) >= 11 is 0. The van der Waals surface area contributed by atoms with Crippen molar-refractivity contribution in [1.82, 2.24) is 15.5 Å². The van der Waals surface area contributed by atoms with Gasteiger partial charge in [0.2, 0.25) is 0 Å². The third-order valence-corrected chi connectivity index (χ3v) is 3.59. The van der Waals surface area contributed by atoms with Gasteiger partial charge in [-0.05, 0) is 51.1 Å². The first-order valence-electron chi connectivity index (χ1n) is 8.54. The van der Waals surface area contributed by atoms with E-state index in [1.165, 1.54) is 5.56 Å². The van der Waals surface area contributed by atoms with Crippen molar-refractivity contribution >= 4 is 29.9 Å². The number of benzene rings is 1. The van der Waals surface area contributed by atoms with Crippen molar-refractivity contribution in [3.8, 4) is 5.75 Å². The van der Waals surface area contributed by atoms with Crippen LogP contribution in [-0.4, -0.2) is 57.7 Å². The summed E-state index contributed by atoms with van der Waals surface area (Å²) in [4.78, 5) is 6.49. The Balaban J connectivity index is 0.00000576. The highest BCUT2D eigenvalue weighted by molar-refractivity contribution is 14.0. The Kier molecular flexibility index (Phi) is 11.1. The minimum Gasteiger partial charge on any atom is -0.489 e. The Morgan fingerprint density at radius 3 is 2.52 bits per heavy atom. The van der Waals surface area contributed by atoms with Crippen LogP contribution in [0.4, 0.5) is 0 Å². The first kappa shape index (κ1) is 24.0. The topological polar surface area (TPSA) is 48.9 Å². The maximum absolute atomic E-state index is 5.94. The monoisotopic (exact) mass is 462 g/mol. The second-order valence-electron chi connectivity index (χ2n) is 7.45. The van der Waals surface area contributed by atoms with E-state index in [1.807, 2.05) is 18.2 Å². The fourth-order valence-electron chi connectivity index (χ4n) is 2.66. The fourth-order valence-corrected chi connectivity index (χ4v) is 2.66. The zero-order valence-electron chi connectivity index (χ0n) is 16.7. The lowest BCUT2D eigenvalue weighted by atomic mass is 9.93. The zero-order valence-corrected chi connectivity index (χ0v) is 19.0. The summed E-state index contributed by atoms with van der Waals surface area (Å²) in [6, 6.07) is 8.11. The molecule has 1 atom stereocenters. The zero-order chi connectivity index (χ0) is 18.2. The molecule has 0 saturated carbocycles. The van der Waals surface area contributed by atoms with Crippen LogP contribution < -0.4 is 15.4 Å². The summed E-state index contributed by atoms with van der Waals surface area (Å²) in [7, 11) is 5.98. The summed E-state index contributed by atoms with van der Waals surface area (Å²) in [5, 5.41) is 6.73. The molecule has 0 heterocycles. The maximum atomic E-state index is 5.94. The number of aryl methyl sites for hydroxylation is 1. The van der Waals surface area contributed by atoms with Gasteiger partial charge in [0.25, 0.3) is 0 Å². The number of hydrogen-bond donors (Lipinski definition) is 2. The van der Waals surface area contributed by atoms with Crippen molar-refractivity contribution in [2.24, 2.45) is 10.4 Å². The van der Waals surface area contributed by atoms with Gasteiger partial charge in [0.05, 0.1) is 6.54 Å². The molecule has 0 amide bonds. The third kappa shape index (κ3) is 10.5. The molecule has 1 rings (SSSR count). The van der Waals surface area contributed by atoms with E-state index in [4.69, 9.17) is 4.74 Å². The van der Waals surface area contributed by atoms with E-state index in [2.05, 4.69) is 68.4 Å². The molecular weight excluding hydrogens is 427 g/mol. The van der Waals surface area contributed by atoms with Gasteiger partial charge in [0.1, 0.15) is 11.9 Å². The van der Waals surface area contributed by atoms with Crippen molar-refractivity contribution in [3.63, 3.8) is 0 Å². The van der Waals surface area contributed by atoms with Gasteiger partial charge in [-0.1, -0.05) is 26.0 Å². The summed E-state index contributed by atoms with van der Waals surface area (Å²) in [5.74, 6) is 1.71. The van der Waals surface area contributed by atoms with Gasteiger partial charge < -0.3 is 20.3 Å². The Morgan fingerprint density at radius 1 is 1.28 bits per heavy atom. The van der Waals surface area contributed by atoms with E-state index >= 15 is 0 Å².